The van der Waals surface area contributed by atoms with Gasteiger partial charge in [-0.25, -0.2) is 9.37 Å². The monoisotopic (exact) mass is 238 g/mol. The zero-order valence-corrected chi connectivity index (χ0v) is 10.5. The van der Waals surface area contributed by atoms with Crippen LogP contribution in [-0.4, -0.2) is 23.3 Å². The Hall–Kier alpha value is -1.14. The van der Waals surface area contributed by atoms with Gasteiger partial charge < -0.3 is 15.0 Å². The van der Waals surface area contributed by atoms with Gasteiger partial charge in [0.2, 0.25) is 0 Å². The largest absolute Gasteiger partial charge is 0.498 e. The lowest BCUT2D eigenvalue weighted by Crippen LogP contribution is -2.41. The van der Waals surface area contributed by atoms with E-state index in [-0.39, 0.29) is 5.82 Å². The van der Waals surface area contributed by atoms with Crippen molar-refractivity contribution in [3.63, 3.8) is 0 Å². The summed E-state index contributed by atoms with van der Waals surface area (Å²) in [5.41, 5.74) is 5.19. The topological polar surface area (TPSA) is 57.4 Å². The molecule has 0 amide bonds. The molecule has 1 aromatic heterocycles. The molecule has 17 heavy (non-hydrogen) atoms. The summed E-state index contributed by atoms with van der Waals surface area (Å²) in [4.78, 5) is 3.76. The number of pyridine rings is 1. The number of nitrogens with two attached hydrogens (primary N) is 1. The van der Waals surface area contributed by atoms with Gasteiger partial charge >= 0.3 is 7.12 Å². The first-order chi connectivity index (χ1) is 7.73. The lowest BCUT2D eigenvalue weighted by atomic mass is 9.79. The molecule has 0 bridgehead atoms. The molecule has 1 fully saturated rings. The summed E-state index contributed by atoms with van der Waals surface area (Å²) >= 11 is 0. The minimum Gasteiger partial charge on any atom is -0.399 e. The van der Waals surface area contributed by atoms with Gasteiger partial charge in [-0.1, -0.05) is 0 Å². The Balaban J connectivity index is 2.35. The third-order valence-corrected chi connectivity index (χ3v) is 3.42. The van der Waals surface area contributed by atoms with E-state index in [9.17, 15) is 4.39 Å². The van der Waals surface area contributed by atoms with E-state index in [4.69, 9.17) is 15.0 Å². The number of nitrogens with zero attached hydrogens (tertiary/aromatic N) is 1. The Morgan fingerprint density at radius 3 is 2.29 bits per heavy atom. The maximum Gasteiger partial charge on any atom is 0.498 e. The number of aromatic nitrogens is 1. The predicted molar refractivity (Wildman–Crippen MR) is 64.3 cm³/mol. The molecule has 1 saturated heterocycles. The number of nitrogen functional groups attached to an aromatic ring is 1. The van der Waals surface area contributed by atoms with Gasteiger partial charge in [0.1, 0.15) is 11.6 Å². The molecule has 0 aromatic carbocycles. The van der Waals surface area contributed by atoms with Crippen molar-refractivity contribution in [2.75, 3.05) is 5.73 Å². The van der Waals surface area contributed by atoms with Crippen LogP contribution < -0.4 is 11.2 Å². The Bertz CT molecular complexity index is 435. The van der Waals surface area contributed by atoms with Crippen LogP contribution in [-0.2, 0) is 9.31 Å². The van der Waals surface area contributed by atoms with Crippen LogP contribution in [0, 0.1) is 5.82 Å². The van der Waals surface area contributed by atoms with Crippen molar-refractivity contribution >= 4 is 18.4 Å². The molecule has 1 aliphatic heterocycles. The average Bonchev–Trinajstić information content (AvgIpc) is 2.40. The van der Waals surface area contributed by atoms with Gasteiger partial charge in [-0.2, -0.15) is 0 Å². The highest BCUT2D eigenvalue weighted by Crippen LogP contribution is 2.36. The van der Waals surface area contributed by atoms with E-state index >= 15 is 0 Å². The standard InChI is InChI=1S/C11H16BFN2O2/c1-10(2)11(3,4)17-12(16-10)8-5-7(13)6-15-9(8)14/h5-6H,1-4H3,(H2,14,15). The molecule has 0 spiro atoms. The number of hydrogen-bond acceptors (Lipinski definition) is 4. The lowest BCUT2D eigenvalue weighted by molar-refractivity contribution is 0.00578. The van der Waals surface area contributed by atoms with Gasteiger partial charge in [-0.05, 0) is 33.8 Å². The molecular weight excluding hydrogens is 222 g/mol. The van der Waals surface area contributed by atoms with Crippen LogP contribution >= 0.6 is 0 Å². The fourth-order valence-corrected chi connectivity index (χ4v) is 1.62. The highest BCUT2D eigenvalue weighted by atomic mass is 19.1. The summed E-state index contributed by atoms with van der Waals surface area (Å²) in [5.74, 6) is -0.228. The van der Waals surface area contributed by atoms with Gasteiger partial charge in [0.25, 0.3) is 0 Å². The van der Waals surface area contributed by atoms with Gasteiger partial charge in [0, 0.05) is 5.46 Å². The molecule has 0 aliphatic carbocycles. The molecule has 2 N–H and O–H groups in total. The lowest BCUT2D eigenvalue weighted by Gasteiger charge is -2.32. The molecule has 2 heterocycles. The second kappa shape index (κ2) is 3.68. The predicted octanol–water partition coefficient (Wildman–Crippen LogP) is 1.10. The second-order valence-corrected chi connectivity index (χ2v) is 5.22. The molecule has 0 radical (unpaired) electrons. The van der Waals surface area contributed by atoms with E-state index in [0.717, 1.165) is 6.20 Å². The number of hydrogen-bond donors (Lipinski definition) is 1. The summed E-state index contributed by atoms with van der Waals surface area (Å²) in [6.07, 6.45) is 1.07. The van der Waals surface area contributed by atoms with Crippen molar-refractivity contribution in [1.82, 2.24) is 4.98 Å². The minimum absolute atomic E-state index is 0.227. The van der Waals surface area contributed by atoms with Gasteiger partial charge in [0.05, 0.1) is 17.4 Å². The molecule has 6 heteroatoms. The maximum absolute atomic E-state index is 13.2. The van der Waals surface area contributed by atoms with Gasteiger partial charge in [-0.15, -0.1) is 0 Å². The highest BCUT2D eigenvalue weighted by Gasteiger charge is 2.52. The molecule has 0 unspecified atom stereocenters. The van der Waals surface area contributed by atoms with Crippen LogP contribution in [0.4, 0.5) is 10.2 Å². The van der Waals surface area contributed by atoms with E-state index in [1.54, 1.807) is 0 Å². The number of rotatable bonds is 1. The molecule has 1 aromatic rings. The summed E-state index contributed by atoms with van der Waals surface area (Å²) in [6.45, 7) is 7.71. The van der Waals surface area contributed by atoms with Crippen molar-refractivity contribution < 1.29 is 13.7 Å². The van der Waals surface area contributed by atoms with Gasteiger partial charge in [-0.3, -0.25) is 0 Å². The summed E-state index contributed by atoms with van der Waals surface area (Å²) in [5, 5.41) is 0. The molecular formula is C11H16BFN2O2. The third-order valence-electron chi connectivity index (χ3n) is 3.42. The van der Waals surface area contributed by atoms with Crippen molar-refractivity contribution in [2.24, 2.45) is 0 Å². The first-order valence-electron chi connectivity index (χ1n) is 5.49. The third kappa shape index (κ3) is 2.02. The minimum atomic E-state index is -0.678. The normalized spacial score (nSPS) is 21.8. The Morgan fingerprint density at radius 1 is 1.24 bits per heavy atom. The van der Waals surface area contributed by atoms with Crippen LogP contribution in [0.15, 0.2) is 12.3 Å². The molecule has 4 nitrogen and oxygen atoms in total. The van der Waals surface area contributed by atoms with Crippen molar-refractivity contribution in [3.8, 4) is 0 Å². The van der Waals surface area contributed by atoms with E-state index in [1.165, 1.54) is 6.07 Å². The first-order valence-corrected chi connectivity index (χ1v) is 5.49. The molecule has 1 aliphatic rings. The van der Waals surface area contributed by atoms with E-state index in [2.05, 4.69) is 4.98 Å². The van der Waals surface area contributed by atoms with E-state index in [0.29, 0.717) is 5.46 Å². The average molecular weight is 238 g/mol. The van der Waals surface area contributed by atoms with Crippen molar-refractivity contribution in [3.05, 3.63) is 18.1 Å². The number of halogens is 1. The Kier molecular flexibility index (Phi) is 2.67. The number of anilines is 1. The van der Waals surface area contributed by atoms with Gasteiger partial charge in [0.15, 0.2) is 0 Å². The second-order valence-electron chi connectivity index (χ2n) is 5.22. The fourth-order valence-electron chi connectivity index (χ4n) is 1.62. The zero-order chi connectivity index (χ0) is 12.8. The molecule has 0 saturated carbocycles. The van der Waals surface area contributed by atoms with Crippen molar-refractivity contribution in [1.29, 1.82) is 0 Å². The molecule has 2 rings (SSSR count). The molecule has 92 valence electrons. The van der Waals surface area contributed by atoms with Crippen LogP contribution in [0.5, 0.6) is 0 Å². The van der Waals surface area contributed by atoms with E-state index < -0.39 is 24.1 Å². The molecule has 0 atom stereocenters. The maximum atomic E-state index is 13.2. The van der Waals surface area contributed by atoms with Crippen LogP contribution in [0.25, 0.3) is 0 Å². The zero-order valence-electron chi connectivity index (χ0n) is 10.5. The highest BCUT2D eigenvalue weighted by molar-refractivity contribution is 6.63. The first kappa shape index (κ1) is 12.3. The summed E-state index contributed by atoms with van der Waals surface area (Å²) in [6, 6.07) is 1.30. The smallest absolute Gasteiger partial charge is 0.399 e. The van der Waals surface area contributed by atoms with Crippen LogP contribution in [0.2, 0.25) is 0 Å². The Labute approximate surface area is 100 Å². The van der Waals surface area contributed by atoms with E-state index in [1.807, 2.05) is 27.7 Å². The fraction of sp³-hybridized carbons (Fsp3) is 0.545. The van der Waals surface area contributed by atoms with Crippen LogP contribution in [0.3, 0.4) is 0 Å². The SMILES string of the molecule is CC1(C)OB(c2cc(F)cnc2N)OC1(C)C. The van der Waals surface area contributed by atoms with Crippen molar-refractivity contribution in [2.45, 2.75) is 38.9 Å². The Morgan fingerprint density at radius 2 is 1.76 bits per heavy atom. The van der Waals surface area contributed by atoms with Crippen LogP contribution in [0.1, 0.15) is 27.7 Å². The summed E-state index contributed by atoms with van der Waals surface area (Å²) in [7, 11) is -0.678. The quantitative estimate of drug-likeness (QED) is 0.744. The summed E-state index contributed by atoms with van der Waals surface area (Å²) < 4.78 is 24.7.